The molecule has 0 saturated carbocycles. The number of aliphatic hydroxyl groups is 1. The van der Waals surface area contributed by atoms with Crippen molar-refractivity contribution in [2.45, 2.75) is 32.4 Å². The molecule has 1 atom stereocenters. The lowest BCUT2D eigenvalue weighted by Crippen LogP contribution is -2.28. The molecule has 2 aromatic heterocycles. The van der Waals surface area contributed by atoms with E-state index in [1.54, 1.807) is 17.0 Å². The Bertz CT molecular complexity index is 656. The van der Waals surface area contributed by atoms with Crippen molar-refractivity contribution in [3.63, 3.8) is 0 Å². The molecular weight excluding hydrogens is 286 g/mol. The molecule has 1 amide bonds. The van der Waals surface area contributed by atoms with Crippen molar-refractivity contribution >= 4 is 11.7 Å². The zero-order valence-electron chi connectivity index (χ0n) is 12.4. The van der Waals surface area contributed by atoms with Crippen LogP contribution >= 0.6 is 0 Å². The first kappa shape index (κ1) is 14.8. The molecule has 3 rings (SSSR count). The summed E-state index contributed by atoms with van der Waals surface area (Å²) in [7, 11) is 0. The van der Waals surface area contributed by atoms with Gasteiger partial charge in [0.2, 0.25) is 0 Å². The first-order valence-electron chi connectivity index (χ1n) is 7.34. The number of aliphatic hydroxyl groups excluding tert-OH is 1. The molecule has 0 aromatic carbocycles. The van der Waals surface area contributed by atoms with Crippen LogP contribution in [0.4, 0.5) is 5.82 Å². The first-order valence-corrected chi connectivity index (χ1v) is 7.34. The maximum absolute atomic E-state index is 12.2. The number of furan rings is 1. The molecule has 1 aliphatic rings. The standard InChI is InChI=1S/C15H19N3O4/c1-10-11(4-8-21-10)12-9-14(18(17-12)5-6-19)16-15(20)13-3-2-7-22-13/h4,8-9,13,19H,2-3,5-7H2,1H3,(H,16,20). The second kappa shape index (κ2) is 6.33. The third kappa shape index (κ3) is 2.90. The fraction of sp³-hybridized carbons (Fsp3) is 0.467. The number of rotatable bonds is 5. The van der Waals surface area contributed by atoms with Crippen LogP contribution in [-0.2, 0) is 16.1 Å². The lowest BCUT2D eigenvalue weighted by Gasteiger charge is -2.11. The largest absolute Gasteiger partial charge is 0.469 e. The number of nitrogens with zero attached hydrogens (tertiary/aromatic N) is 2. The Morgan fingerprint density at radius 1 is 1.59 bits per heavy atom. The van der Waals surface area contributed by atoms with E-state index in [0.29, 0.717) is 24.7 Å². The van der Waals surface area contributed by atoms with Crippen LogP contribution < -0.4 is 5.32 Å². The number of anilines is 1. The normalized spacial score (nSPS) is 17.8. The Hall–Kier alpha value is -2.12. The lowest BCUT2D eigenvalue weighted by atomic mass is 10.2. The third-order valence-electron chi connectivity index (χ3n) is 3.70. The van der Waals surface area contributed by atoms with Gasteiger partial charge in [-0.15, -0.1) is 0 Å². The molecule has 0 radical (unpaired) electrons. The van der Waals surface area contributed by atoms with Crippen LogP contribution in [0, 0.1) is 6.92 Å². The molecule has 0 bridgehead atoms. The summed E-state index contributed by atoms with van der Waals surface area (Å²) in [5, 5.41) is 16.4. The summed E-state index contributed by atoms with van der Waals surface area (Å²) in [6, 6.07) is 3.60. The topological polar surface area (TPSA) is 89.5 Å². The molecule has 22 heavy (non-hydrogen) atoms. The molecule has 7 nitrogen and oxygen atoms in total. The number of hydrogen-bond acceptors (Lipinski definition) is 5. The van der Waals surface area contributed by atoms with E-state index >= 15 is 0 Å². The lowest BCUT2D eigenvalue weighted by molar-refractivity contribution is -0.124. The average Bonchev–Trinajstić information content (AvgIpc) is 3.20. The molecule has 1 aliphatic heterocycles. The predicted molar refractivity (Wildman–Crippen MR) is 79.4 cm³/mol. The Kier molecular flexibility index (Phi) is 4.26. The van der Waals surface area contributed by atoms with E-state index in [-0.39, 0.29) is 12.5 Å². The van der Waals surface area contributed by atoms with Crippen LogP contribution in [0.5, 0.6) is 0 Å². The number of carbonyl (C=O) groups excluding carboxylic acids is 1. The zero-order chi connectivity index (χ0) is 15.5. The second-order valence-electron chi connectivity index (χ2n) is 5.24. The van der Waals surface area contributed by atoms with Gasteiger partial charge in [0.1, 0.15) is 17.7 Å². The maximum Gasteiger partial charge on any atom is 0.254 e. The number of hydrogen-bond donors (Lipinski definition) is 2. The predicted octanol–water partition coefficient (Wildman–Crippen LogP) is 1.56. The van der Waals surface area contributed by atoms with Gasteiger partial charge in [0, 0.05) is 18.2 Å². The Morgan fingerprint density at radius 2 is 2.45 bits per heavy atom. The summed E-state index contributed by atoms with van der Waals surface area (Å²) in [4.78, 5) is 12.2. The van der Waals surface area contributed by atoms with Gasteiger partial charge < -0.3 is 19.6 Å². The van der Waals surface area contributed by atoms with Crippen molar-refractivity contribution in [1.29, 1.82) is 0 Å². The third-order valence-corrected chi connectivity index (χ3v) is 3.70. The summed E-state index contributed by atoms with van der Waals surface area (Å²) in [6.45, 7) is 2.71. The Morgan fingerprint density at radius 3 is 3.09 bits per heavy atom. The smallest absolute Gasteiger partial charge is 0.254 e. The van der Waals surface area contributed by atoms with Gasteiger partial charge in [-0.2, -0.15) is 5.10 Å². The second-order valence-corrected chi connectivity index (χ2v) is 5.24. The molecule has 3 heterocycles. The van der Waals surface area contributed by atoms with Crippen molar-refractivity contribution in [3.8, 4) is 11.3 Å². The van der Waals surface area contributed by atoms with E-state index in [9.17, 15) is 4.79 Å². The van der Waals surface area contributed by atoms with Gasteiger partial charge in [0.25, 0.3) is 5.91 Å². The minimum absolute atomic E-state index is 0.0612. The first-order chi connectivity index (χ1) is 10.7. The van der Waals surface area contributed by atoms with Crippen molar-refractivity contribution in [2.24, 2.45) is 0 Å². The van der Waals surface area contributed by atoms with Gasteiger partial charge in [-0.05, 0) is 25.8 Å². The molecule has 7 heteroatoms. The van der Waals surface area contributed by atoms with Crippen molar-refractivity contribution in [3.05, 3.63) is 24.2 Å². The molecule has 1 fully saturated rings. The van der Waals surface area contributed by atoms with Gasteiger partial charge in [0.15, 0.2) is 0 Å². The minimum atomic E-state index is -0.406. The van der Waals surface area contributed by atoms with Gasteiger partial charge in [-0.1, -0.05) is 0 Å². The highest BCUT2D eigenvalue weighted by Gasteiger charge is 2.25. The zero-order valence-corrected chi connectivity index (χ0v) is 12.4. The fourth-order valence-electron chi connectivity index (χ4n) is 2.56. The van der Waals surface area contributed by atoms with Crippen molar-refractivity contribution < 1.29 is 19.1 Å². The molecule has 118 valence electrons. The molecule has 1 unspecified atom stereocenters. The number of aryl methyl sites for hydroxylation is 1. The highest BCUT2D eigenvalue weighted by atomic mass is 16.5. The van der Waals surface area contributed by atoms with Gasteiger partial charge in [-0.25, -0.2) is 4.68 Å². The average molecular weight is 305 g/mol. The number of ether oxygens (including phenoxy) is 1. The van der Waals surface area contributed by atoms with E-state index < -0.39 is 6.10 Å². The van der Waals surface area contributed by atoms with Crippen molar-refractivity contribution in [2.75, 3.05) is 18.5 Å². The van der Waals surface area contributed by atoms with Crippen LogP contribution in [0.1, 0.15) is 18.6 Å². The van der Waals surface area contributed by atoms with Gasteiger partial charge >= 0.3 is 0 Å². The van der Waals surface area contributed by atoms with E-state index in [0.717, 1.165) is 24.2 Å². The monoisotopic (exact) mass is 305 g/mol. The summed E-state index contributed by atoms with van der Waals surface area (Å²) in [6.07, 6.45) is 2.82. The Labute approximate surface area is 127 Å². The van der Waals surface area contributed by atoms with E-state index in [1.807, 2.05) is 13.0 Å². The van der Waals surface area contributed by atoms with Crippen molar-refractivity contribution in [1.82, 2.24) is 9.78 Å². The maximum atomic E-state index is 12.2. The van der Waals surface area contributed by atoms with Crippen LogP contribution in [0.25, 0.3) is 11.3 Å². The molecule has 0 spiro atoms. The van der Waals surface area contributed by atoms with Crippen LogP contribution in [0.2, 0.25) is 0 Å². The van der Waals surface area contributed by atoms with Crippen LogP contribution in [0.15, 0.2) is 22.8 Å². The number of amides is 1. The van der Waals surface area contributed by atoms with Gasteiger partial charge in [0.05, 0.1) is 25.1 Å². The molecule has 0 aliphatic carbocycles. The quantitative estimate of drug-likeness (QED) is 0.875. The summed E-state index contributed by atoms with van der Waals surface area (Å²) >= 11 is 0. The molecule has 1 saturated heterocycles. The molecular formula is C15H19N3O4. The number of carbonyl (C=O) groups is 1. The number of aromatic nitrogens is 2. The summed E-state index contributed by atoms with van der Waals surface area (Å²) < 4.78 is 12.2. The highest BCUT2D eigenvalue weighted by molar-refractivity contribution is 5.94. The van der Waals surface area contributed by atoms with Crippen LogP contribution in [0.3, 0.4) is 0 Å². The highest BCUT2D eigenvalue weighted by Crippen LogP contribution is 2.26. The van der Waals surface area contributed by atoms with E-state index in [2.05, 4.69) is 10.4 Å². The number of nitrogens with one attached hydrogen (secondary N) is 1. The fourth-order valence-corrected chi connectivity index (χ4v) is 2.56. The SMILES string of the molecule is Cc1occc1-c1cc(NC(=O)C2CCCO2)n(CCO)n1. The molecule has 2 N–H and O–H groups in total. The van der Waals surface area contributed by atoms with Gasteiger partial charge in [-0.3, -0.25) is 4.79 Å². The molecule has 2 aromatic rings. The summed E-state index contributed by atoms with van der Waals surface area (Å²) in [5.41, 5.74) is 1.56. The van der Waals surface area contributed by atoms with E-state index in [1.165, 1.54) is 0 Å². The van der Waals surface area contributed by atoms with Crippen LogP contribution in [-0.4, -0.2) is 40.1 Å². The van der Waals surface area contributed by atoms with E-state index in [4.69, 9.17) is 14.3 Å². The summed E-state index contributed by atoms with van der Waals surface area (Å²) in [5.74, 6) is 1.13. The minimum Gasteiger partial charge on any atom is -0.469 e. The Balaban J connectivity index is 1.84.